The van der Waals surface area contributed by atoms with Crippen molar-refractivity contribution in [1.29, 1.82) is 0 Å². The van der Waals surface area contributed by atoms with Crippen molar-refractivity contribution in [3.63, 3.8) is 0 Å². The Labute approximate surface area is 176 Å². The summed E-state index contributed by atoms with van der Waals surface area (Å²) in [6.07, 6.45) is 0.0712. The third kappa shape index (κ3) is 5.72. The molecule has 30 heavy (non-hydrogen) atoms. The van der Waals surface area contributed by atoms with Crippen LogP contribution in [0.4, 0.5) is 10.1 Å². The van der Waals surface area contributed by atoms with Crippen LogP contribution < -0.4 is 9.64 Å². The van der Waals surface area contributed by atoms with Gasteiger partial charge >= 0.3 is 5.97 Å². The van der Waals surface area contributed by atoms with Crippen LogP contribution in [0.2, 0.25) is 0 Å². The number of halogens is 1. The van der Waals surface area contributed by atoms with Crippen LogP contribution in [0.3, 0.4) is 0 Å². The topological polar surface area (TPSA) is 59.1 Å². The standard InChI is InChI=1S/C23H27FN2O4/c1-17-7-8-18(2)21(15-17)29-14-9-23(28)30-16-22(27)26-12-10-25(11-13-26)20-6-4-3-5-19(20)24/h3-8,15H,9-14,16H2,1-2H3. The first kappa shape index (κ1) is 21.6. The normalized spacial score (nSPS) is 13.8. The van der Waals surface area contributed by atoms with Crippen LogP contribution in [0, 0.1) is 19.7 Å². The SMILES string of the molecule is Cc1ccc(C)c(OCCC(=O)OCC(=O)N2CCN(c3ccccc3F)CC2)c1. The predicted octanol–water partition coefficient (Wildman–Crippen LogP) is 3.10. The Hall–Kier alpha value is -3.09. The lowest BCUT2D eigenvalue weighted by atomic mass is 10.1. The highest BCUT2D eigenvalue weighted by molar-refractivity contribution is 5.81. The van der Waals surface area contributed by atoms with E-state index in [0.717, 1.165) is 16.9 Å². The Bertz CT molecular complexity index is 895. The third-order valence-corrected chi connectivity index (χ3v) is 5.09. The number of aryl methyl sites for hydroxylation is 2. The van der Waals surface area contributed by atoms with E-state index in [2.05, 4.69) is 0 Å². The number of piperazine rings is 1. The first-order chi connectivity index (χ1) is 14.4. The second-order valence-electron chi connectivity index (χ2n) is 7.35. The van der Waals surface area contributed by atoms with Crippen LogP contribution in [0.5, 0.6) is 5.75 Å². The van der Waals surface area contributed by atoms with E-state index in [1.54, 1.807) is 23.1 Å². The highest BCUT2D eigenvalue weighted by Gasteiger charge is 2.23. The fraction of sp³-hybridized carbons (Fsp3) is 0.391. The van der Waals surface area contributed by atoms with Gasteiger partial charge in [-0.2, -0.15) is 0 Å². The summed E-state index contributed by atoms with van der Waals surface area (Å²) in [5.74, 6) is -0.244. The maximum absolute atomic E-state index is 13.9. The monoisotopic (exact) mass is 414 g/mol. The molecular weight excluding hydrogens is 387 g/mol. The minimum Gasteiger partial charge on any atom is -0.493 e. The summed E-state index contributed by atoms with van der Waals surface area (Å²) in [6, 6.07) is 12.5. The van der Waals surface area contributed by atoms with Gasteiger partial charge in [-0.3, -0.25) is 9.59 Å². The van der Waals surface area contributed by atoms with E-state index >= 15 is 0 Å². The molecule has 0 spiro atoms. The minimum absolute atomic E-state index is 0.0712. The van der Waals surface area contributed by atoms with Crippen LogP contribution in [0.15, 0.2) is 42.5 Å². The van der Waals surface area contributed by atoms with Crippen LogP contribution >= 0.6 is 0 Å². The van der Waals surface area contributed by atoms with Gasteiger partial charge in [-0.05, 0) is 43.2 Å². The summed E-state index contributed by atoms with van der Waals surface area (Å²) >= 11 is 0. The first-order valence-electron chi connectivity index (χ1n) is 10.1. The van der Waals surface area contributed by atoms with Crippen molar-refractivity contribution in [2.75, 3.05) is 44.3 Å². The molecule has 1 fully saturated rings. The van der Waals surface area contributed by atoms with E-state index < -0.39 is 5.97 Å². The van der Waals surface area contributed by atoms with Gasteiger partial charge in [0.1, 0.15) is 11.6 Å². The molecule has 0 bridgehead atoms. The number of rotatable bonds is 7. The summed E-state index contributed by atoms with van der Waals surface area (Å²) in [7, 11) is 0. The van der Waals surface area contributed by atoms with Gasteiger partial charge in [0.25, 0.3) is 5.91 Å². The van der Waals surface area contributed by atoms with E-state index in [9.17, 15) is 14.0 Å². The van der Waals surface area contributed by atoms with Gasteiger partial charge in [0.05, 0.1) is 18.7 Å². The molecule has 0 aliphatic carbocycles. The molecule has 1 saturated heterocycles. The van der Waals surface area contributed by atoms with Crippen LogP contribution in [-0.4, -0.2) is 56.2 Å². The van der Waals surface area contributed by atoms with Gasteiger partial charge in [0.15, 0.2) is 6.61 Å². The number of nitrogens with zero attached hydrogens (tertiary/aromatic N) is 2. The third-order valence-electron chi connectivity index (χ3n) is 5.09. The minimum atomic E-state index is -0.473. The number of anilines is 1. The fourth-order valence-electron chi connectivity index (χ4n) is 3.32. The quantitative estimate of drug-likeness (QED) is 0.652. The number of carbonyl (C=O) groups excluding carboxylic acids is 2. The fourth-order valence-corrected chi connectivity index (χ4v) is 3.32. The molecular formula is C23H27FN2O4. The van der Waals surface area contributed by atoms with Gasteiger partial charge < -0.3 is 19.3 Å². The van der Waals surface area contributed by atoms with Crippen molar-refractivity contribution in [3.8, 4) is 5.75 Å². The van der Waals surface area contributed by atoms with Crippen LogP contribution in [0.25, 0.3) is 0 Å². The van der Waals surface area contributed by atoms with E-state index in [1.807, 2.05) is 36.9 Å². The first-order valence-corrected chi connectivity index (χ1v) is 10.1. The summed E-state index contributed by atoms with van der Waals surface area (Å²) in [5.41, 5.74) is 2.62. The van der Waals surface area contributed by atoms with Crippen molar-refractivity contribution in [3.05, 3.63) is 59.4 Å². The zero-order valence-corrected chi connectivity index (χ0v) is 17.4. The Morgan fingerprint density at radius 3 is 2.50 bits per heavy atom. The summed E-state index contributed by atoms with van der Waals surface area (Å²) in [4.78, 5) is 27.8. The van der Waals surface area contributed by atoms with Gasteiger partial charge in [-0.1, -0.05) is 24.3 Å². The number of hydrogen-bond acceptors (Lipinski definition) is 5. The molecule has 1 aliphatic rings. The summed E-state index contributed by atoms with van der Waals surface area (Å²) in [6.45, 7) is 5.80. The highest BCUT2D eigenvalue weighted by Crippen LogP contribution is 2.20. The van der Waals surface area contributed by atoms with Gasteiger partial charge in [0, 0.05) is 26.2 Å². The zero-order chi connectivity index (χ0) is 21.5. The molecule has 0 aromatic heterocycles. The Kier molecular flexibility index (Phi) is 7.27. The largest absolute Gasteiger partial charge is 0.493 e. The lowest BCUT2D eigenvalue weighted by molar-refractivity contribution is -0.152. The lowest BCUT2D eigenvalue weighted by Gasteiger charge is -2.36. The summed E-state index contributed by atoms with van der Waals surface area (Å²) in [5, 5.41) is 0. The predicted molar refractivity (Wildman–Crippen MR) is 112 cm³/mol. The molecule has 2 aromatic carbocycles. The summed E-state index contributed by atoms with van der Waals surface area (Å²) < 4.78 is 24.6. The average molecular weight is 414 g/mol. The molecule has 160 valence electrons. The molecule has 0 atom stereocenters. The Morgan fingerprint density at radius 2 is 1.77 bits per heavy atom. The Balaban J connectivity index is 1.37. The van der Waals surface area contributed by atoms with Crippen molar-refractivity contribution in [2.45, 2.75) is 20.3 Å². The molecule has 0 saturated carbocycles. The lowest BCUT2D eigenvalue weighted by Crippen LogP contribution is -2.50. The second-order valence-corrected chi connectivity index (χ2v) is 7.35. The van der Waals surface area contributed by atoms with Crippen molar-refractivity contribution >= 4 is 17.6 Å². The number of esters is 1. The number of amides is 1. The van der Waals surface area contributed by atoms with Crippen molar-refractivity contribution < 1.29 is 23.5 Å². The smallest absolute Gasteiger partial charge is 0.309 e. The molecule has 2 aromatic rings. The second kappa shape index (κ2) is 10.1. The van der Waals surface area contributed by atoms with Gasteiger partial charge in [0.2, 0.25) is 0 Å². The van der Waals surface area contributed by atoms with Gasteiger partial charge in [-0.25, -0.2) is 4.39 Å². The molecule has 0 radical (unpaired) electrons. The van der Waals surface area contributed by atoms with Crippen molar-refractivity contribution in [1.82, 2.24) is 4.90 Å². The van der Waals surface area contributed by atoms with Gasteiger partial charge in [-0.15, -0.1) is 0 Å². The number of carbonyl (C=O) groups is 2. The number of hydrogen-bond donors (Lipinski definition) is 0. The zero-order valence-electron chi connectivity index (χ0n) is 17.4. The molecule has 3 rings (SSSR count). The number of ether oxygens (including phenoxy) is 2. The maximum Gasteiger partial charge on any atom is 0.309 e. The maximum atomic E-state index is 13.9. The molecule has 1 amide bonds. The van der Waals surface area contributed by atoms with E-state index in [-0.39, 0.29) is 31.4 Å². The van der Waals surface area contributed by atoms with E-state index in [0.29, 0.717) is 31.9 Å². The number of benzene rings is 2. The molecule has 1 heterocycles. The average Bonchev–Trinajstić information content (AvgIpc) is 2.75. The molecule has 0 unspecified atom stereocenters. The van der Waals surface area contributed by atoms with Crippen LogP contribution in [-0.2, 0) is 14.3 Å². The molecule has 6 nitrogen and oxygen atoms in total. The van der Waals surface area contributed by atoms with E-state index in [1.165, 1.54) is 6.07 Å². The highest BCUT2D eigenvalue weighted by atomic mass is 19.1. The van der Waals surface area contributed by atoms with Crippen LogP contribution in [0.1, 0.15) is 17.5 Å². The molecule has 7 heteroatoms. The van der Waals surface area contributed by atoms with Crippen molar-refractivity contribution in [2.24, 2.45) is 0 Å². The molecule has 1 aliphatic heterocycles. The molecule has 0 N–H and O–H groups in total. The number of para-hydroxylation sites is 1. The van der Waals surface area contributed by atoms with E-state index in [4.69, 9.17) is 9.47 Å². The Morgan fingerprint density at radius 1 is 1.03 bits per heavy atom.